The third-order valence-electron chi connectivity index (χ3n) is 2.35. The Labute approximate surface area is 106 Å². The first kappa shape index (κ1) is 12.0. The van der Waals surface area contributed by atoms with Crippen LogP contribution in [0.2, 0.25) is 0 Å². The fourth-order valence-electron chi connectivity index (χ4n) is 1.50. The minimum Gasteiger partial charge on any atom is -0.340 e. The van der Waals surface area contributed by atoms with Crippen LogP contribution in [0.25, 0.3) is 0 Å². The molecule has 0 saturated carbocycles. The van der Waals surface area contributed by atoms with Crippen molar-refractivity contribution >= 4 is 21.7 Å². The van der Waals surface area contributed by atoms with Gasteiger partial charge in [0.1, 0.15) is 11.5 Å². The van der Waals surface area contributed by atoms with E-state index >= 15 is 0 Å². The summed E-state index contributed by atoms with van der Waals surface area (Å²) >= 11 is 3.25. The van der Waals surface area contributed by atoms with Gasteiger partial charge < -0.3 is 4.57 Å². The molecular weight excluding hydrogens is 287 g/mol. The van der Waals surface area contributed by atoms with Crippen molar-refractivity contribution < 1.29 is 9.18 Å². The van der Waals surface area contributed by atoms with Gasteiger partial charge in [0.15, 0.2) is 5.78 Å². The lowest BCUT2D eigenvalue weighted by Gasteiger charge is -2.01. The Balaban J connectivity index is 2.21. The number of imidazole rings is 1. The molecule has 0 atom stereocenters. The number of Topliss-reactive ketones (excluding diaryl/α,β-unsaturated/α-hetero) is 1. The summed E-state index contributed by atoms with van der Waals surface area (Å²) in [6, 6.07) is 4.55. The molecule has 0 amide bonds. The summed E-state index contributed by atoms with van der Waals surface area (Å²) in [6.07, 6.45) is 3.19. The molecule has 5 heteroatoms. The molecule has 0 unspecified atom stereocenters. The predicted octanol–water partition coefficient (Wildman–Crippen LogP) is 2.75. The van der Waals surface area contributed by atoms with Gasteiger partial charge in [0.2, 0.25) is 0 Å². The van der Waals surface area contributed by atoms with Crippen LogP contribution in [0.4, 0.5) is 4.39 Å². The second-order valence-electron chi connectivity index (χ2n) is 3.76. The molecule has 88 valence electrons. The summed E-state index contributed by atoms with van der Waals surface area (Å²) in [5, 5.41) is 0. The van der Waals surface area contributed by atoms with Gasteiger partial charge in [-0.25, -0.2) is 9.37 Å². The van der Waals surface area contributed by atoms with E-state index in [4.69, 9.17) is 0 Å². The van der Waals surface area contributed by atoms with Crippen molar-refractivity contribution in [1.82, 2.24) is 9.55 Å². The van der Waals surface area contributed by atoms with Crippen molar-refractivity contribution in [3.63, 3.8) is 0 Å². The van der Waals surface area contributed by atoms with Gasteiger partial charge in [0.25, 0.3) is 0 Å². The Bertz CT molecular complexity index is 565. The van der Waals surface area contributed by atoms with Gasteiger partial charge in [0.05, 0.1) is 6.33 Å². The quantitative estimate of drug-likeness (QED) is 0.817. The number of carbonyl (C=O) groups excluding carboxylic acids is 1. The van der Waals surface area contributed by atoms with E-state index in [1.165, 1.54) is 6.07 Å². The van der Waals surface area contributed by atoms with E-state index in [-0.39, 0.29) is 18.0 Å². The molecular formula is C12H10BrFN2O. The fraction of sp³-hybridized carbons (Fsp3) is 0.167. The molecule has 17 heavy (non-hydrogen) atoms. The zero-order valence-corrected chi connectivity index (χ0v) is 10.7. The summed E-state index contributed by atoms with van der Waals surface area (Å²) in [4.78, 5) is 15.8. The molecule has 1 heterocycles. The second-order valence-corrected chi connectivity index (χ2v) is 4.68. The first-order valence-electron chi connectivity index (χ1n) is 5.01. The van der Waals surface area contributed by atoms with Crippen molar-refractivity contribution in [2.45, 2.75) is 6.42 Å². The first-order valence-corrected chi connectivity index (χ1v) is 5.80. The zero-order chi connectivity index (χ0) is 12.4. The van der Waals surface area contributed by atoms with Crippen molar-refractivity contribution in [2.24, 2.45) is 7.05 Å². The topological polar surface area (TPSA) is 34.9 Å². The average molecular weight is 297 g/mol. The molecule has 2 rings (SSSR count). The van der Waals surface area contributed by atoms with E-state index in [2.05, 4.69) is 20.9 Å². The molecule has 0 saturated heterocycles. The summed E-state index contributed by atoms with van der Waals surface area (Å²) in [6.45, 7) is 0. The van der Waals surface area contributed by atoms with E-state index < -0.39 is 0 Å². The summed E-state index contributed by atoms with van der Waals surface area (Å²) in [7, 11) is 1.78. The maximum Gasteiger partial charge on any atom is 0.187 e. The number of aryl methyl sites for hydroxylation is 1. The van der Waals surface area contributed by atoms with Gasteiger partial charge in [0, 0.05) is 24.1 Å². The third-order valence-corrected chi connectivity index (χ3v) is 2.84. The minimum absolute atomic E-state index is 0.0162. The normalized spacial score (nSPS) is 10.5. The Morgan fingerprint density at radius 1 is 1.53 bits per heavy atom. The SMILES string of the molecule is Cn1cnc(C(=O)Cc2cc(Br)ccc2F)c1. The summed E-state index contributed by atoms with van der Waals surface area (Å²) in [5.74, 6) is -0.569. The molecule has 1 aromatic heterocycles. The lowest BCUT2D eigenvalue weighted by molar-refractivity contribution is 0.0987. The van der Waals surface area contributed by atoms with Crippen LogP contribution in [-0.4, -0.2) is 15.3 Å². The van der Waals surface area contributed by atoms with Gasteiger partial charge in [-0.1, -0.05) is 15.9 Å². The molecule has 0 aliphatic rings. The third kappa shape index (κ3) is 2.79. The highest BCUT2D eigenvalue weighted by atomic mass is 79.9. The molecule has 0 N–H and O–H groups in total. The molecule has 0 bridgehead atoms. The van der Waals surface area contributed by atoms with Crippen LogP contribution in [0.3, 0.4) is 0 Å². The molecule has 0 spiro atoms. The Kier molecular flexibility index (Phi) is 3.38. The molecule has 2 aromatic rings. The fourth-order valence-corrected chi connectivity index (χ4v) is 1.91. The smallest absolute Gasteiger partial charge is 0.187 e. The molecule has 3 nitrogen and oxygen atoms in total. The van der Waals surface area contributed by atoms with Gasteiger partial charge in [-0.3, -0.25) is 4.79 Å². The highest BCUT2D eigenvalue weighted by molar-refractivity contribution is 9.10. The first-order chi connectivity index (χ1) is 8.06. The number of carbonyl (C=O) groups is 1. The predicted molar refractivity (Wildman–Crippen MR) is 65.3 cm³/mol. The number of rotatable bonds is 3. The highest BCUT2D eigenvalue weighted by Crippen LogP contribution is 2.17. The van der Waals surface area contributed by atoms with Crippen molar-refractivity contribution in [2.75, 3.05) is 0 Å². The lowest BCUT2D eigenvalue weighted by atomic mass is 10.1. The van der Waals surface area contributed by atoms with E-state index in [1.54, 1.807) is 36.3 Å². The van der Waals surface area contributed by atoms with Crippen LogP contribution in [-0.2, 0) is 13.5 Å². The lowest BCUT2D eigenvalue weighted by Crippen LogP contribution is -2.05. The van der Waals surface area contributed by atoms with Crippen molar-refractivity contribution in [3.8, 4) is 0 Å². The maximum atomic E-state index is 13.5. The molecule has 0 radical (unpaired) electrons. The van der Waals surface area contributed by atoms with Crippen molar-refractivity contribution in [3.05, 3.63) is 52.3 Å². The number of halogens is 2. The molecule has 0 fully saturated rings. The van der Waals surface area contributed by atoms with Crippen LogP contribution in [0.5, 0.6) is 0 Å². The van der Waals surface area contributed by atoms with Gasteiger partial charge in [-0.2, -0.15) is 0 Å². The van der Waals surface area contributed by atoms with Crippen LogP contribution in [0, 0.1) is 5.82 Å². The van der Waals surface area contributed by atoms with Crippen LogP contribution in [0.1, 0.15) is 16.1 Å². The molecule has 0 aliphatic carbocycles. The average Bonchev–Trinajstić information content (AvgIpc) is 2.70. The summed E-state index contributed by atoms with van der Waals surface area (Å²) < 4.78 is 15.9. The monoisotopic (exact) mass is 296 g/mol. The number of benzene rings is 1. The summed E-state index contributed by atoms with van der Waals surface area (Å²) in [5.41, 5.74) is 0.724. The Hall–Kier alpha value is -1.49. The number of ketones is 1. The van der Waals surface area contributed by atoms with Crippen LogP contribution in [0.15, 0.2) is 35.2 Å². The van der Waals surface area contributed by atoms with Gasteiger partial charge in [-0.05, 0) is 23.8 Å². The molecule has 0 aliphatic heterocycles. The minimum atomic E-state index is -0.377. The largest absolute Gasteiger partial charge is 0.340 e. The van der Waals surface area contributed by atoms with E-state index in [0.29, 0.717) is 11.3 Å². The number of hydrogen-bond acceptors (Lipinski definition) is 2. The highest BCUT2D eigenvalue weighted by Gasteiger charge is 2.12. The number of hydrogen-bond donors (Lipinski definition) is 0. The van der Waals surface area contributed by atoms with E-state index in [9.17, 15) is 9.18 Å². The van der Waals surface area contributed by atoms with E-state index in [1.807, 2.05) is 0 Å². The van der Waals surface area contributed by atoms with Crippen LogP contribution >= 0.6 is 15.9 Å². The van der Waals surface area contributed by atoms with Gasteiger partial charge >= 0.3 is 0 Å². The second kappa shape index (κ2) is 4.79. The van der Waals surface area contributed by atoms with Crippen molar-refractivity contribution in [1.29, 1.82) is 0 Å². The Morgan fingerprint density at radius 3 is 2.94 bits per heavy atom. The van der Waals surface area contributed by atoms with Gasteiger partial charge in [-0.15, -0.1) is 0 Å². The maximum absolute atomic E-state index is 13.5. The Morgan fingerprint density at radius 2 is 2.29 bits per heavy atom. The van der Waals surface area contributed by atoms with E-state index in [0.717, 1.165) is 4.47 Å². The zero-order valence-electron chi connectivity index (χ0n) is 9.15. The standard InChI is InChI=1S/C12H10BrFN2O/c1-16-6-11(15-7-16)12(17)5-8-4-9(13)2-3-10(8)14/h2-4,6-7H,5H2,1H3. The molecule has 1 aromatic carbocycles. The van der Waals surface area contributed by atoms with Crippen LogP contribution < -0.4 is 0 Å². The number of aromatic nitrogens is 2. The number of nitrogens with zero attached hydrogens (tertiary/aromatic N) is 2.